The molecule has 1 aromatic carbocycles. The van der Waals surface area contributed by atoms with E-state index in [0.29, 0.717) is 43.6 Å². The summed E-state index contributed by atoms with van der Waals surface area (Å²) in [4.78, 5) is 50.9. The van der Waals surface area contributed by atoms with Crippen LogP contribution < -0.4 is 0 Å². The second kappa shape index (κ2) is 8.97. The maximum absolute atomic E-state index is 12.7. The summed E-state index contributed by atoms with van der Waals surface area (Å²) in [6.45, 7) is 3.11. The smallest absolute Gasteiger partial charge is 0.294 e. The van der Waals surface area contributed by atoms with Crippen LogP contribution in [0, 0.1) is 17.0 Å². The van der Waals surface area contributed by atoms with E-state index >= 15 is 0 Å². The summed E-state index contributed by atoms with van der Waals surface area (Å²) in [6.07, 6.45) is 1.40. The van der Waals surface area contributed by atoms with Gasteiger partial charge in [0.1, 0.15) is 18.1 Å². The van der Waals surface area contributed by atoms with Crippen molar-refractivity contribution in [3.63, 3.8) is 0 Å². The number of nitro groups is 1. The summed E-state index contributed by atoms with van der Waals surface area (Å²) in [7, 11) is 0. The topological polar surface area (TPSA) is 123 Å². The second-order valence-electron chi connectivity index (χ2n) is 7.24. The molecule has 2 fully saturated rings. The van der Waals surface area contributed by atoms with E-state index in [1.807, 2.05) is 0 Å². The fourth-order valence-corrected chi connectivity index (χ4v) is 4.21. The zero-order valence-electron chi connectivity index (χ0n) is 17.1. The average molecular weight is 457 g/mol. The van der Waals surface area contributed by atoms with Crippen molar-refractivity contribution in [3.05, 3.63) is 56.7 Å². The molecule has 0 atom stereocenters. The molecular weight excluding hydrogens is 438 g/mol. The number of furan rings is 1. The van der Waals surface area contributed by atoms with E-state index in [9.17, 15) is 24.5 Å². The zero-order chi connectivity index (χ0) is 22.8. The molecule has 3 heterocycles. The van der Waals surface area contributed by atoms with Crippen LogP contribution in [0.1, 0.15) is 11.3 Å². The predicted octanol–water partition coefficient (Wildman–Crippen LogP) is 3.06. The van der Waals surface area contributed by atoms with E-state index in [4.69, 9.17) is 9.15 Å². The number of amides is 3. The molecule has 4 rings (SSSR count). The third kappa shape index (κ3) is 4.43. The molecule has 0 aliphatic carbocycles. The van der Waals surface area contributed by atoms with Crippen LogP contribution in [0.2, 0.25) is 0 Å². The van der Waals surface area contributed by atoms with Crippen LogP contribution in [0.5, 0.6) is 0 Å². The summed E-state index contributed by atoms with van der Waals surface area (Å²) in [5, 5.41) is 10.8. The number of hydrogen-bond donors (Lipinski definition) is 0. The number of carbonyl (C=O) groups is 3. The van der Waals surface area contributed by atoms with Crippen molar-refractivity contribution in [3.8, 4) is 11.3 Å². The quantitative estimate of drug-likeness (QED) is 0.381. The highest BCUT2D eigenvalue weighted by Crippen LogP contribution is 2.35. The summed E-state index contributed by atoms with van der Waals surface area (Å²) in [5.74, 6) is -0.366. The monoisotopic (exact) mass is 457 g/mol. The second-order valence-corrected chi connectivity index (χ2v) is 8.23. The van der Waals surface area contributed by atoms with Gasteiger partial charge in [0.05, 0.1) is 28.6 Å². The largest absolute Gasteiger partial charge is 0.456 e. The van der Waals surface area contributed by atoms with E-state index in [-0.39, 0.29) is 34.6 Å². The fraction of sp³-hybridized carbons (Fsp3) is 0.286. The highest BCUT2D eigenvalue weighted by atomic mass is 32.2. The van der Waals surface area contributed by atoms with Crippen molar-refractivity contribution in [2.24, 2.45) is 0 Å². The van der Waals surface area contributed by atoms with E-state index < -0.39 is 16.1 Å². The van der Waals surface area contributed by atoms with Gasteiger partial charge in [-0.15, -0.1) is 0 Å². The SMILES string of the molecule is Cc1ccc(-c2ccc(/C=C3/SC(=O)N(CC(=O)N4CCOCC4)C3=O)o2)c([N+](=O)[O-])c1. The molecule has 0 radical (unpaired) electrons. The fourth-order valence-electron chi connectivity index (χ4n) is 3.39. The lowest BCUT2D eigenvalue weighted by atomic mass is 10.1. The van der Waals surface area contributed by atoms with E-state index in [1.165, 1.54) is 12.1 Å². The molecule has 166 valence electrons. The van der Waals surface area contributed by atoms with Crippen molar-refractivity contribution in [1.29, 1.82) is 0 Å². The summed E-state index contributed by atoms with van der Waals surface area (Å²) < 4.78 is 10.9. The first kappa shape index (κ1) is 21.8. The number of hydrogen-bond acceptors (Lipinski definition) is 8. The lowest BCUT2D eigenvalue weighted by Gasteiger charge is -2.27. The molecule has 0 bridgehead atoms. The van der Waals surface area contributed by atoms with Crippen LogP contribution in [0.25, 0.3) is 17.4 Å². The summed E-state index contributed by atoms with van der Waals surface area (Å²) >= 11 is 0.715. The Balaban J connectivity index is 1.51. The number of nitro benzene ring substituents is 1. The van der Waals surface area contributed by atoms with Gasteiger partial charge in [-0.1, -0.05) is 6.07 Å². The molecule has 2 saturated heterocycles. The normalized spacial score (nSPS) is 18.0. The Labute approximate surface area is 186 Å². The number of thioether (sulfide) groups is 1. The van der Waals surface area contributed by atoms with Crippen molar-refractivity contribution in [1.82, 2.24) is 9.80 Å². The summed E-state index contributed by atoms with van der Waals surface area (Å²) in [6, 6.07) is 7.92. The number of imide groups is 1. The van der Waals surface area contributed by atoms with Crippen LogP contribution >= 0.6 is 11.8 Å². The van der Waals surface area contributed by atoms with Gasteiger partial charge >= 0.3 is 0 Å². The van der Waals surface area contributed by atoms with Gasteiger partial charge < -0.3 is 14.1 Å². The Kier molecular flexibility index (Phi) is 6.10. The van der Waals surface area contributed by atoms with Crippen LogP contribution in [-0.2, 0) is 14.3 Å². The minimum atomic E-state index is -0.583. The molecule has 0 N–H and O–H groups in total. The van der Waals surface area contributed by atoms with Crippen LogP contribution in [0.3, 0.4) is 0 Å². The number of aryl methyl sites for hydroxylation is 1. The van der Waals surface area contributed by atoms with Crippen molar-refractivity contribution in [2.75, 3.05) is 32.8 Å². The molecule has 0 spiro atoms. The molecule has 1 aromatic heterocycles. The first-order valence-corrected chi connectivity index (χ1v) is 10.6. The highest BCUT2D eigenvalue weighted by Gasteiger charge is 2.37. The molecule has 3 amide bonds. The third-order valence-electron chi connectivity index (χ3n) is 5.05. The number of carbonyl (C=O) groups excluding carboxylic acids is 3. The first-order chi connectivity index (χ1) is 15.3. The molecule has 2 aromatic rings. The standard InChI is InChI=1S/C21H19N3O7S/c1-13-2-4-15(16(10-13)24(28)29)17-5-3-14(31-17)11-18-20(26)23(21(27)32-18)12-19(25)22-6-8-30-9-7-22/h2-5,10-11H,6-9,12H2,1H3/b18-11+. The third-order valence-corrected chi connectivity index (χ3v) is 5.95. The maximum Gasteiger partial charge on any atom is 0.294 e. The molecule has 2 aliphatic rings. The van der Waals surface area contributed by atoms with E-state index in [2.05, 4.69) is 0 Å². The predicted molar refractivity (Wildman–Crippen MR) is 116 cm³/mol. The first-order valence-electron chi connectivity index (χ1n) is 9.79. The molecular formula is C21H19N3O7S. The molecule has 2 aliphatic heterocycles. The van der Waals surface area contributed by atoms with Crippen LogP contribution in [-0.4, -0.2) is 64.6 Å². The van der Waals surface area contributed by atoms with Crippen LogP contribution in [0.15, 0.2) is 39.7 Å². The number of benzene rings is 1. The zero-order valence-corrected chi connectivity index (χ0v) is 17.9. The Morgan fingerprint density at radius 2 is 1.97 bits per heavy atom. The van der Waals surface area contributed by atoms with Gasteiger partial charge in [0, 0.05) is 25.2 Å². The lowest BCUT2D eigenvalue weighted by molar-refractivity contribution is -0.384. The number of morpholine rings is 1. The maximum atomic E-state index is 12.7. The van der Waals surface area contributed by atoms with Gasteiger partial charge in [0.2, 0.25) is 5.91 Å². The van der Waals surface area contributed by atoms with E-state index in [0.717, 1.165) is 10.5 Å². The van der Waals surface area contributed by atoms with Gasteiger partial charge in [0.15, 0.2) is 0 Å². The van der Waals surface area contributed by atoms with Gasteiger partial charge in [0.25, 0.3) is 16.8 Å². The average Bonchev–Trinajstić information content (AvgIpc) is 3.34. The summed E-state index contributed by atoms with van der Waals surface area (Å²) in [5.41, 5.74) is 0.963. The van der Waals surface area contributed by atoms with Gasteiger partial charge in [-0.2, -0.15) is 0 Å². The minimum Gasteiger partial charge on any atom is -0.456 e. The minimum absolute atomic E-state index is 0.0900. The Morgan fingerprint density at radius 3 is 2.69 bits per heavy atom. The lowest BCUT2D eigenvalue weighted by Crippen LogP contribution is -2.46. The Morgan fingerprint density at radius 1 is 1.22 bits per heavy atom. The van der Waals surface area contributed by atoms with Crippen molar-refractivity contribution in [2.45, 2.75) is 6.92 Å². The highest BCUT2D eigenvalue weighted by molar-refractivity contribution is 8.18. The van der Waals surface area contributed by atoms with E-state index in [1.54, 1.807) is 36.1 Å². The Hall–Kier alpha value is -3.44. The van der Waals surface area contributed by atoms with Crippen molar-refractivity contribution >= 4 is 40.6 Å². The van der Waals surface area contributed by atoms with Crippen LogP contribution in [0.4, 0.5) is 10.5 Å². The number of nitrogens with zero attached hydrogens (tertiary/aromatic N) is 3. The Bertz CT molecular complexity index is 1130. The van der Waals surface area contributed by atoms with Gasteiger partial charge in [-0.25, -0.2) is 0 Å². The molecule has 11 heteroatoms. The molecule has 0 saturated carbocycles. The van der Waals surface area contributed by atoms with Gasteiger partial charge in [-0.05, 0) is 42.4 Å². The molecule has 0 unspecified atom stereocenters. The number of ether oxygens (including phenoxy) is 1. The van der Waals surface area contributed by atoms with Gasteiger partial charge in [-0.3, -0.25) is 29.4 Å². The number of rotatable bonds is 5. The molecule has 10 nitrogen and oxygen atoms in total. The molecule has 32 heavy (non-hydrogen) atoms. The van der Waals surface area contributed by atoms with Crippen molar-refractivity contribution < 1.29 is 28.5 Å².